The molecule has 0 saturated heterocycles. The van der Waals surface area contributed by atoms with Gasteiger partial charge in [0, 0.05) is 13.0 Å². The minimum atomic E-state index is -1.43. The number of aliphatic carboxylic acids is 1. The van der Waals surface area contributed by atoms with Crippen LogP contribution in [-0.4, -0.2) is 83.1 Å². The van der Waals surface area contributed by atoms with E-state index in [1.54, 1.807) is 13.8 Å². The van der Waals surface area contributed by atoms with Gasteiger partial charge in [-0.2, -0.15) is 0 Å². The molecule has 0 aliphatic carbocycles. The largest absolute Gasteiger partial charge is 0.480 e. The summed E-state index contributed by atoms with van der Waals surface area (Å²) in [7, 11) is 0. The van der Waals surface area contributed by atoms with E-state index in [0.717, 1.165) is 0 Å². The number of nitrogens with zero attached hydrogens (tertiary/aromatic N) is 1. The Morgan fingerprint density at radius 2 is 1.40 bits per heavy atom. The van der Waals surface area contributed by atoms with Crippen LogP contribution in [0.2, 0.25) is 0 Å². The maximum atomic E-state index is 12.8. The van der Waals surface area contributed by atoms with Crippen LogP contribution in [0.4, 0.5) is 0 Å². The zero-order chi connectivity index (χ0) is 27.1. The highest BCUT2D eigenvalue weighted by molar-refractivity contribution is 5.94. The van der Waals surface area contributed by atoms with Crippen LogP contribution in [0.1, 0.15) is 46.0 Å². The molecule has 4 atom stereocenters. The molecule has 0 radical (unpaired) electrons. The van der Waals surface area contributed by atoms with Crippen LogP contribution >= 0.6 is 0 Å². The number of rotatable bonds is 17. The summed E-state index contributed by atoms with van der Waals surface area (Å²) in [5.74, 6) is -4.55. The molecule has 0 aromatic carbocycles. The van der Waals surface area contributed by atoms with E-state index in [1.807, 2.05) is 0 Å². The number of guanidine groups is 1. The SMILES string of the molecule is CC(C)CC(NC(=O)C(CO)NC(=O)C(N)CCC(N)=O)C(=O)NC(CCCN=C(N)N)C(=O)O. The fourth-order valence-corrected chi connectivity index (χ4v) is 2.91. The summed E-state index contributed by atoms with van der Waals surface area (Å²) >= 11 is 0. The minimum Gasteiger partial charge on any atom is -0.480 e. The Hall–Kier alpha value is -3.46. The van der Waals surface area contributed by atoms with Gasteiger partial charge in [0.05, 0.1) is 12.6 Å². The van der Waals surface area contributed by atoms with Crippen molar-refractivity contribution >= 4 is 35.6 Å². The van der Waals surface area contributed by atoms with Gasteiger partial charge in [0.15, 0.2) is 5.96 Å². The molecule has 15 nitrogen and oxygen atoms in total. The Kier molecular flexibility index (Phi) is 14.6. The van der Waals surface area contributed by atoms with Gasteiger partial charge in [-0.25, -0.2) is 4.79 Å². The Balaban J connectivity index is 5.22. The molecule has 0 saturated carbocycles. The Morgan fingerprint density at radius 1 is 0.857 bits per heavy atom. The highest BCUT2D eigenvalue weighted by atomic mass is 16.4. The van der Waals surface area contributed by atoms with Crippen molar-refractivity contribution in [3.63, 3.8) is 0 Å². The number of carboxylic acids is 1. The van der Waals surface area contributed by atoms with Gasteiger partial charge in [-0.3, -0.25) is 24.2 Å². The fourth-order valence-electron chi connectivity index (χ4n) is 2.91. The summed E-state index contributed by atoms with van der Waals surface area (Å²) in [6.45, 7) is 2.96. The van der Waals surface area contributed by atoms with Gasteiger partial charge >= 0.3 is 5.97 Å². The van der Waals surface area contributed by atoms with Crippen LogP contribution in [-0.2, 0) is 24.0 Å². The first-order valence-electron chi connectivity index (χ1n) is 11.1. The molecule has 0 aliphatic heterocycles. The molecule has 13 N–H and O–H groups in total. The molecule has 0 aliphatic rings. The van der Waals surface area contributed by atoms with E-state index in [1.165, 1.54) is 0 Å². The molecule has 0 bridgehead atoms. The lowest BCUT2D eigenvalue weighted by molar-refractivity contribution is -0.142. The summed E-state index contributed by atoms with van der Waals surface area (Å²) in [5, 5.41) is 26.0. The van der Waals surface area contributed by atoms with Crippen molar-refractivity contribution in [3.05, 3.63) is 0 Å². The van der Waals surface area contributed by atoms with Gasteiger partial charge in [-0.05, 0) is 31.6 Å². The third-order valence-electron chi connectivity index (χ3n) is 4.75. The monoisotopic (exact) mass is 502 g/mol. The van der Waals surface area contributed by atoms with Crippen LogP contribution in [0.3, 0.4) is 0 Å². The summed E-state index contributed by atoms with van der Waals surface area (Å²) in [6.07, 6.45) is 0.281. The number of primary amides is 1. The first-order chi connectivity index (χ1) is 16.3. The predicted molar refractivity (Wildman–Crippen MR) is 126 cm³/mol. The van der Waals surface area contributed by atoms with E-state index in [9.17, 15) is 34.2 Å². The second-order valence-electron chi connectivity index (χ2n) is 8.39. The molecule has 0 rings (SSSR count). The molecule has 0 heterocycles. The van der Waals surface area contributed by atoms with E-state index < -0.39 is 60.4 Å². The number of aliphatic imine (C=N–C) groups is 1. The van der Waals surface area contributed by atoms with Gasteiger partial charge in [0.25, 0.3) is 0 Å². The second kappa shape index (κ2) is 16.2. The quantitative estimate of drug-likeness (QED) is 0.0531. The number of nitrogens with one attached hydrogen (secondary N) is 3. The summed E-state index contributed by atoms with van der Waals surface area (Å²) < 4.78 is 0. The molecule has 0 spiro atoms. The van der Waals surface area contributed by atoms with Crippen molar-refractivity contribution in [1.29, 1.82) is 0 Å². The first kappa shape index (κ1) is 31.5. The predicted octanol–water partition coefficient (Wildman–Crippen LogP) is -3.79. The average Bonchev–Trinajstić information content (AvgIpc) is 2.75. The molecular formula is C20H38N8O7. The lowest BCUT2D eigenvalue weighted by atomic mass is 10.0. The number of aliphatic hydroxyl groups is 1. The summed E-state index contributed by atoms with van der Waals surface area (Å²) in [5.41, 5.74) is 21.1. The smallest absolute Gasteiger partial charge is 0.326 e. The summed E-state index contributed by atoms with van der Waals surface area (Å²) in [6, 6.07) is -4.97. The van der Waals surface area contributed by atoms with Gasteiger partial charge in [-0.1, -0.05) is 13.8 Å². The lowest BCUT2D eigenvalue weighted by Gasteiger charge is -2.25. The molecule has 4 unspecified atom stereocenters. The minimum absolute atomic E-state index is 0.0404. The maximum Gasteiger partial charge on any atom is 0.326 e. The molecule has 15 heteroatoms. The number of carboxylic acid groups (broad SMARTS) is 1. The Bertz CT molecular complexity index is 771. The molecule has 35 heavy (non-hydrogen) atoms. The van der Waals surface area contributed by atoms with Crippen molar-refractivity contribution in [3.8, 4) is 0 Å². The average molecular weight is 503 g/mol. The van der Waals surface area contributed by atoms with E-state index in [-0.39, 0.29) is 50.5 Å². The molecular weight excluding hydrogens is 464 g/mol. The van der Waals surface area contributed by atoms with Crippen LogP contribution in [0.25, 0.3) is 0 Å². The van der Waals surface area contributed by atoms with Crippen molar-refractivity contribution in [2.75, 3.05) is 13.2 Å². The molecule has 4 amide bonds. The molecule has 0 fully saturated rings. The fraction of sp³-hybridized carbons (Fsp3) is 0.700. The number of aliphatic hydroxyl groups excluding tert-OH is 1. The van der Waals surface area contributed by atoms with E-state index >= 15 is 0 Å². The second-order valence-corrected chi connectivity index (χ2v) is 8.39. The molecule has 0 aromatic rings. The number of nitrogens with two attached hydrogens (primary N) is 4. The maximum absolute atomic E-state index is 12.8. The van der Waals surface area contributed by atoms with Crippen molar-refractivity contribution in [1.82, 2.24) is 16.0 Å². The zero-order valence-corrected chi connectivity index (χ0v) is 20.0. The van der Waals surface area contributed by atoms with Gasteiger partial charge in [0.1, 0.15) is 18.1 Å². The third kappa shape index (κ3) is 13.7. The zero-order valence-electron chi connectivity index (χ0n) is 20.0. The Morgan fingerprint density at radius 3 is 1.89 bits per heavy atom. The van der Waals surface area contributed by atoms with Gasteiger partial charge < -0.3 is 49.1 Å². The van der Waals surface area contributed by atoms with E-state index in [2.05, 4.69) is 20.9 Å². The molecule has 200 valence electrons. The topological polar surface area (TPSA) is 278 Å². The lowest BCUT2D eigenvalue weighted by Crippen LogP contribution is -2.58. The number of hydrogen-bond donors (Lipinski definition) is 9. The van der Waals surface area contributed by atoms with Crippen molar-refractivity contribution in [2.24, 2.45) is 33.8 Å². The van der Waals surface area contributed by atoms with Crippen LogP contribution in [0, 0.1) is 5.92 Å². The van der Waals surface area contributed by atoms with Crippen LogP contribution in [0.5, 0.6) is 0 Å². The van der Waals surface area contributed by atoms with Gasteiger partial charge in [-0.15, -0.1) is 0 Å². The number of hydrogen-bond acceptors (Lipinski definition) is 8. The number of carbonyl (C=O) groups is 5. The Labute approximate surface area is 203 Å². The number of amides is 4. The normalized spacial score (nSPS) is 14.2. The number of carbonyl (C=O) groups excluding carboxylic acids is 4. The van der Waals surface area contributed by atoms with E-state index in [4.69, 9.17) is 22.9 Å². The van der Waals surface area contributed by atoms with Crippen LogP contribution in [0.15, 0.2) is 4.99 Å². The van der Waals surface area contributed by atoms with Crippen molar-refractivity contribution < 1.29 is 34.2 Å². The van der Waals surface area contributed by atoms with E-state index in [0.29, 0.717) is 0 Å². The van der Waals surface area contributed by atoms with Crippen LogP contribution < -0.4 is 38.9 Å². The summed E-state index contributed by atoms with van der Waals surface area (Å²) in [4.78, 5) is 63.8. The standard InChI is InChI=1S/C20H38N8O7/c1-10(2)8-13(17(32)26-12(19(34)35)4-3-7-25-20(23)24)27-18(33)14(9-29)28-16(31)11(21)5-6-15(22)30/h10-14,29H,3-9,21H2,1-2H3,(H2,22,30)(H,26,32)(H,27,33)(H,28,31)(H,34,35)(H4,23,24,25). The first-order valence-corrected chi connectivity index (χ1v) is 11.1. The molecule has 0 aromatic heterocycles. The highest BCUT2D eigenvalue weighted by Crippen LogP contribution is 2.08. The highest BCUT2D eigenvalue weighted by Gasteiger charge is 2.30. The van der Waals surface area contributed by atoms with Gasteiger partial charge in [0.2, 0.25) is 23.6 Å². The third-order valence-corrected chi connectivity index (χ3v) is 4.75. The van der Waals surface area contributed by atoms with Crippen molar-refractivity contribution in [2.45, 2.75) is 70.1 Å².